The van der Waals surface area contributed by atoms with Crippen molar-refractivity contribution in [2.45, 2.75) is 55.7 Å². The molecule has 3 atom stereocenters. The average Bonchev–Trinajstić information content (AvgIpc) is 3.94. The van der Waals surface area contributed by atoms with E-state index in [9.17, 15) is 27.6 Å². The highest BCUT2D eigenvalue weighted by Crippen LogP contribution is 2.33. The van der Waals surface area contributed by atoms with Crippen LogP contribution in [-0.4, -0.2) is 204 Å². The number of halogens is 4. The molecule has 6 N–H and O–H groups in total. The van der Waals surface area contributed by atoms with Crippen LogP contribution >= 0.6 is 24.2 Å². The Morgan fingerprint density at radius 2 is 1.12 bits per heavy atom. The van der Waals surface area contributed by atoms with E-state index >= 15 is 0 Å². The molecule has 21 nitrogen and oxygen atoms in total. The second-order valence-electron chi connectivity index (χ2n) is 16.2. The summed E-state index contributed by atoms with van der Waals surface area (Å²) in [6.07, 6.45) is -1.39. The number of urea groups is 1. The fourth-order valence-corrected chi connectivity index (χ4v) is 8.50. The number of nitrogens with one attached hydrogen (secondary N) is 4. The number of hydrogen-bond acceptors (Lipinski definition) is 18. The zero-order chi connectivity index (χ0) is 52.0. The molecule has 4 amide bonds. The number of alkyl halides is 3. The number of ether oxygens (including phenoxy) is 12. The van der Waals surface area contributed by atoms with E-state index in [-0.39, 0.29) is 78.9 Å². The van der Waals surface area contributed by atoms with Gasteiger partial charge in [0.2, 0.25) is 11.8 Å². The van der Waals surface area contributed by atoms with Crippen LogP contribution in [0.15, 0.2) is 36.4 Å². The van der Waals surface area contributed by atoms with Crippen LogP contribution < -0.4 is 31.7 Å². The molecule has 1 aromatic heterocycles. The lowest BCUT2D eigenvalue weighted by molar-refractivity contribution is -0.141. The van der Waals surface area contributed by atoms with Gasteiger partial charge in [-0.3, -0.25) is 9.59 Å². The molecule has 2 aromatic rings. The number of unbranched alkanes of at least 4 members (excludes halogenated alkanes) is 1. The number of nitrogens with zero attached hydrogens (tertiary/aromatic N) is 1. The largest absolute Gasteiger partial charge is 0.439 e. The molecule has 26 heteroatoms. The van der Waals surface area contributed by atoms with Crippen LogP contribution in [0.3, 0.4) is 0 Å². The Bertz CT molecular complexity index is 1820. The van der Waals surface area contributed by atoms with Crippen molar-refractivity contribution in [1.29, 1.82) is 0 Å². The van der Waals surface area contributed by atoms with E-state index in [4.69, 9.17) is 62.6 Å². The Kier molecular flexibility index (Phi) is 35.4. The summed E-state index contributed by atoms with van der Waals surface area (Å²) < 4.78 is 106. The zero-order valence-corrected chi connectivity index (χ0v) is 43.6. The number of aromatic nitrogens is 1. The predicted molar refractivity (Wildman–Crippen MR) is 269 cm³/mol. The van der Waals surface area contributed by atoms with E-state index in [1.165, 1.54) is 18.2 Å². The molecule has 0 radical (unpaired) electrons. The SMILES string of the molecule is Cl.NCc1cc(Oc2cccc(C(=O)NCCOCCOCCOCCOCCOCCOCCOCCOCCOCCOCCOCCNC(=O)CCCC[C@@H]3SC[C@@H]4NC(=O)N[C@@H]43)c2)nc(C(F)(F)F)c1. The second kappa shape index (κ2) is 40.6. The topological polar surface area (TPSA) is 249 Å². The van der Waals surface area contributed by atoms with E-state index in [0.29, 0.717) is 157 Å². The van der Waals surface area contributed by atoms with Gasteiger partial charge in [-0.05, 0) is 42.7 Å². The molecule has 2 saturated heterocycles. The Morgan fingerprint density at radius 1 is 0.649 bits per heavy atom. The number of fused-ring (bicyclic) bond motifs is 1. The number of amides is 4. The number of carbonyl (C=O) groups excluding carboxylic acids is 3. The lowest BCUT2D eigenvalue weighted by Crippen LogP contribution is -2.36. The number of thioether (sulfide) groups is 1. The van der Waals surface area contributed by atoms with Gasteiger partial charge in [-0.25, -0.2) is 9.78 Å². The van der Waals surface area contributed by atoms with Crippen molar-refractivity contribution < 1.29 is 84.4 Å². The highest BCUT2D eigenvalue weighted by Gasteiger charge is 2.42. The molecule has 0 aliphatic carbocycles. The van der Waals surface area contributed by atoms with Gasteiger partial charge in [-0.2, -0.15) is 24.9 Å². The fraction of sp³-hybridized carbons (Fsp3) is 0.708. The van der Waals surface area contributed by atoms with Gasteiger partial charge in [0.05, 0.1) is 157 Å². The standard InChI is InChI=1S/C48H75F3N6O15S.ClH/c49-48(50,51)42-32-37(35-52)33-44(56-42)72-39-5-3-4-38(34-39)46(59)54-9-11-62-13-15-64-17-19-66-21-23-68-25-27-70-29-31-71-30-28-69-26-24-67-22-20-65-18-16-63-14-12-61-10-8-53-43(58)7-2-1-6-41-45-40(36-73-41)55-47(60)57-45;/h3-5,32-34,40-41,45H,1-2,6-31,35-36,52H2,(H,53,58)(H,54,59)(H2,55,57,60);1H/t40-,41-,45-;/m0./s1. The van der Waals surface area contributed by atoms with Crippen molar-refractivity contribution in [2.24, 2.45) is 5.73 Å². The maximum absolute atomic E-state index is 13.2. The highest BCUT2D eigenvalue weighted by molar-refractivity contribution is 8.00. The lowest BCUT2D eigenvalue weighted by atomic mass is 10.0. The molecule has 422 valence electrons. The number of carbonyl (C=O) groups is 3. The Morgan fingerprint density at radius 3 is 1.59 bits per heavy atom. The minimum Gasteiger partial charge on any atom is -0.439 e. The van der Waals surface area contributed by atoms with Crippen LogP contribution in [0.2, 0.25) is 0 Å². The van der Waals surface area contributed by atoms with Gasteiger partial charge in [0.25, 0.3) is 5.91 Å². The lowest BCUT2D eigenvalue weighted by Gasteiger charge is -2.16. The first-order valence-electron chi connectivity index (χ1n) is 24.8. The summed E-state index contributed by atoms with van der Waals surface area (Å²) in [5.74, 6) is 0.426. The molecule has 74 heavy (non-hydrogen) atoms. The van der Waals surface area contributed by atoms with E-state index in [2.05, 4.69) is 26.3 Å². The Hall–Kier alpha value is -3.67. The van der Waals surface area contributed by atoms with E-state index in [1.54, 1.807) is 12.1 Å². The Balaban J connectivity index is 0.0000144. The van der Waals surface area contributed by atoms with Crippen LogP contribution in [0, 0.1) is 0 Å². The van der Waals surface area contributed by atoms with Crippen LogP contribution in [0.1, 0.15) is 47.3 Å². The third-order valence-corrected chi connectivity index (χ3v) is 12.1. The molecule has 2 aliphatic rings. The van der Waals surface area contributed by atoms with Crippen LogP contribution in [0.25, 0.3) is 0 Å². The molecule has 4 rings (SSSR count). The van der Waals surface area contributed by atoms with Crippen molar-refractivity contribution in [1.82, 2.24) is 26.3 Å². The molecule has 0 spiro atoms. The molecule has 0 bridgehead atoms. The van der Waals surface area contributed by atoms with Crippen LogP contribution in [0.4, 0.5) is 18.0 Å². The van der Waals surface area contributed by atoms with Gasteiger partial charge in [0.15, 0.2) is 0 Å². The van der Waals surface area contributed by atoms with Crippen molar-refractivity contribution in [3.05, 3.63) is 53.2 Å². The summed E-state index contributed by atoms with van der Waals surface area (Å²) in [4.78, 5) is 39.7. The smallest absolute Gasteiger partial charge is 0.433 e. The number of benzene rings is 1. The van der Waals surface area contributed by atoms with Gasteiger partial charge >= 0.3 is 12.2 Å². The quantitative estimate of drug-likeness (QED) is 0.0470. The average molecular weight is 1100 g/mol. The zero-order valence-electron chi connectivity index (χ0n) is 42.0. The molecule has 2 fully saturated rings. The van der Waals surface area contributed by atoms with Crippen molar-refractivity contribution in [3.8, 4) is 11.6 Å². The predicted octanol–water partition coefficient (Wildman–Crippen LogP) is 3.53. The number of hydrogen-bond donors (Lipinski definition) is 5. The monoisotopic (exact) mass is 1100 g/mol. The summed E-state index contributed by atoms with van der Waals surface area (Å²) in [5, 5.41) is 12.0. The summed E-state index contributed by atoms with van der Waals surface area (Å²) >= 11 is 1.89. The van der Waals surface area contributed by atoms with Crippen LogP contribution in [-0.2, 0) is 69.6 Å². The molecule has 3 heterocycles. The first-order valence-corrected chi connectivity index (χ1v) is 25.8. The minimum absolute atomic E-state index is 0. The highest BCUT2D eigenvalue weighted by atomic mass is 35.5. The molecule has 0 saturated carbocycles. The normalized spacial score (nSPS) is 16.1. The van der Waals surface area contributed by atoms with E-state index in [0.717, 1.165) is 31.1 Å². The van der Waals surface area contributed by atoms with Gasteiger partial charge in [-0.15, -0.1) is 12.4 Å². The second-order valence-corrected chi connectivity index (χ2v) is 17.5. The molecule has 0 unspecified atom stereocenters. The van der Waals surface area contributed by atoms with Gasteiger partial charge < -0.3 is 83.8 Å². The number of nitrogens with two attached hydrogens (primary N) is 1. The molecular formula is C48H76ClF3N6O15S. The third-order valence-electron chi connectivity index (χ3n) is 10.6. The van der Waals surface area contributed by atoms with Gasteiger partial charge in [0, 0.05) is 48.7 Å². The molecular weight excluding hydrogens is 1030 g/mol. The summed E-state index contributed by atoms with van der Waals surface area (Å²) in [6, 6.07) is 8.53. The first-order chi connectivity index (χ1) is 35.6. The van der Waals surface area contributed by atoms with Crippen LogP contribution in [0.5, 0.6) is 11.6 Å². The fourth-order valence-electron chi connectivity index (χ4n) is 6.96. The number of rotatable bonds is 45. The maximum atomic E-state index is 13.2. The van der Waals surface area contributed by atoms with Crippen molar-refractivity contribution in [3.63, 3.8) is 0 Å². The molecule has 2 aliphatic heterocycles. The first kappa shape index (κ1) is 64.6. The number of pyridine rings is 1. The maximum Gasteiger partial charge on any atom is 0.433 e. The van der Waals surface area contributed by atoms with E-state index in [1.807, 2.05) is 11.8 Å². The van der Waals surface area contributed by atoms with E-state index < -0.39 is 17.8 Å². The summed E-state index contributed by atoms with van der Waals surface area (Å²) in [6.45, 7) is 9.84. The summed E-state index contributed by atoms with van der Waals surface area (Å²) in [5.41, 5.74) is 4.86. The minimum atomic E-state index is -4.67. The van der Waals surface area contributed by atoms with Crippen molar-refractivity contribution in [2.75, 3.05) is 164 Å². The van der Waals surface area contributed by atoms with Crippen molar-refractivity contribution >= 4 is 42.0 Å². The summed E-state index contributed by atoms with van der Waals surface area (Å²) in [7, 11) is 0. The molecule has 1 aromatic carbocycles. The van der Waals surface area contributed by atoms with Gasteiger partial charge in [-0.1, -0.05) is 12.5 Å². The van der Waals surface area contributed by atoms with Gasteiger partial charge in [0.1, 0.15) is 11.4 Å². The Labute approximate surface area is 441 Å². The third kappa shape index (κ3) is 29.6.